The third kappa shape index (κ3) is 4.05. The summed E-state index contributed by atoms with van der Waals surface area (Å²) in [6.45, 7) is 4.03. The SMILES string of the molecule is Cc1cccc(CS(=O)(=O)N2CCN(c3cc(-n4ccnc4)ncn3)CC2)c1. The first-order chi connectivity index (χ1) is 13.5. The van der Waals surface area contributed by atoms with Crippen molar-refractivity contribution in [3.8, 4) is 5.82 Å². The van der Waals surface area contributed by atoms with Gasteiger partial charge in [-0.15, -0.1) is 0 Å². The van der Waals surface area contributed by atoms with Crippen molar-refractivity contribution < 1.29 is 8.42 Å². The molecule has 0 N–H and O–H groups in total. The fourth-order valence-electron chi connectivity index (χ4n) is 3.35. The van der Waals surface area contributed by atoms with Gasteiger partial charge in [0.25, 0.3) is 0 Å². The normalized spacial score (nSPS) is 15.7. The molecule has 4 rings (SSSR count). The molecule has 3 heterocycles. The van der Waals surface area contributed by atoms with Crippen LogP contribution in [0.4, 0.5) is 5.82 Å². The van der Waals surface area contributed by atoms with Gasteiger partial charge in [-0.3, -0.25) is 4.57 Å². The van der Waals surface area contributed by atoms with E-state index in [4.69, 9.17) is 0 Å². The maximum Gasteiger partial charge on any atom is 0.218 e. The number of imidazole rings is 1. The highest BCUT2D eigenvalue weighted by molar-refractivity contribution is 7.88. The van der Waals surface area contributed by atoms with Gasteiger partial charge in [0.05, 0.1) is 5.75 Å². The first kappa shape index (κ1) is 18.6. The van der Waals surface area contributed by atoms with Crippen molar-refractivity contribution >= 4 is 15.8 Å². The summed E-state index contributed by atoms with van der Waals surface area (Å²) in [5, 5.41) is 0. The van der Waals surface area contributed by atoms with Crippen LogP contribution in [0.1, 0.15) is 11.1 Å². The highest BCUT2D eigenvalue weighted by atomic mass is 32.2. The molecular formula is C19H22N6O2S. The van der Waals surface area contributed by atoms with E-state index in [1.807, 2.05) is 48.0 Å². The highest BCUT2D eigenvalue weighted by Crippen LogP contribution is 2.19. The number of hydrogen-bond acceptors (Lipinski definition) is 6. The van der Waals surface area contributed by atoms with Crippen LogP contribution in [0.15, 0.2) is 55.4 Å². The van der Waals surface area contributed by atoms with Gasteiger partial charge < -0.3 is 4.90 Å². The third-order valence-electron chi connectivity index (χ3n) is 4.79. The van der Waals surface area contributed by atoms with Gasteiger partial charge in [-0.25, -0.2) is 23.4 Å². The van der Waals surface area contributed by atoms with E-state index in [0.717, 1.165) is 22.8 Å². The van der Waals surface area contributed by atoms with Crippen molar-refractivity contribution in [2.45, 2.75) is 12.7 Å². The Morgan fingerprint density at radius 2 is 1.82 bits per heavy atom. The van der Waals surface area contributed by atoms with Crippen LogP contribution in [-0.4, -0.2) is 58.4 Å². The molecule has 0 amide bonds. The van der Waals surface area contributed by atoms with Crippen molar-refractivity contribution in [2.75, 3.05) is 31.1 Å². The molecule has 146 valence electrons. The molecule has 0 atom stereocenters. The zero-order valence-electron chi connectivity index (χ0n) is 15.6. The van der Waals surface area contributed by atoms with Crippen molar-refractivity contribution in [1.82, 2.24) is 23.8 Å². The predicted octanol–water partition coefficient (Wildman–Crippen LogP) is 1.62. The van der Waals surface area contributed by atoms with Crippen LogP contribution in [0.2, 0.25) is 0 Å². The van der Waals surface area contributed by atoms with Crippen molar-refractivity contribution in [1.29, 1.82) is 0 Å². The Bertz CT molecular complexity index is 1040. The lowest BCUT2D eigenvalue weighted by atomic mass is 10.2. The van der Waals surface area contributed by atoms with Gasteiger partial charge in [-0.1, -0.05) is 29.8 Å². The van der Waals surface area contributed by atoms with Gasteiger partial charge in [-0.2, -0.15) is 4.31 Å². The summed E-state index contributed by atoms with van der Waals surface area (Å²) in [7, 11) is -3.34. The minimum Gasteiger partial charge on any atom is -0.354 e. The minimum absolute atomic E-state index is 0.0347. The fraction of sp³-hybridized carbons (Fsp3) is 0.316. The van der Waals surface area contributed by atoms with Crippen LogP contribution in [0, 0.1) is 6.92 Å². The predicted molar refractivity (Wildman–Crippen MR) is 107 cm³/mol. The lowest BCUT2D eigenvalue weighted by molar-refractivity contribution is 0.383. The molecule has 1 fully saturated rings. The molecule has 0 unspecified atom stereocenters. The molecule has 1 saturated heterocycles. The molecule has 0 spiro atoms. The van der Waals surface area contributed by atoms with Gasteiger partial charge in [-0.05, 0) is 12.5 Å². The van der Waals surface area contributed by atoms with Crippen LogP contribution in [0.3, 0.4) is 0 Å². The van der Waals surface area contributed by atoms with E-state index in [2.05, 4.69) is 19.9 Å². The van der Waals surface area contributed by atoms with E-state index in [1.54, 1.807) is 16.8 Å². The molecule has 3 aromatic rings. The Morgan fingerprint density at radius 3 is 2.54 bits per heavy atom. The van der Waals surface area contributed by atoms with Crippen molar-refractivity contribution in [2.24, 2.45) is 0 Å². The Labute approximate surface area is 164 Å². The average molecular weight is 398 g/mol. The molecule has 2 aromatic heterocycles. The van der Waals surface area contributed by atoms with Gasteiger partial charge in [0, 0.05) is 44.6 Å². The lowest BCUT2D eigenvalue weighted by Crippen LogP contribution is -2.49. The standard InChI is InChI=1S/C19H22N6O2S/c1-16-3-2-4-17(11-16)13-28(26,27)25-9-7-23(8-10-25)18-12-19(22-14-21-18)24-6-5-20-15-24/h2-6,11-12,14-15H,7-10,13H2,1H3. The molecule has 0 radical (unpaired) electrons. The lowest BCUT2D eigenvalue weighted by Gasteiger charge is -2.34. The second kappa shape index (κ2) is 7.69. The quantitative estimate of drug-likeness (QED) is 0.649. The summed E-state index contributed by atoms with van der Waals surface area (Å²) in [5.41, 5.74) is 1.89. The van der Waals surface area contributed by atoms with E-state index in [9.17, 15) is 8.42 Å². The first-order valence-corrected chi connectivity index (χ1v) is 10.7. The van der Waals surface area contributed by atoms with Gasteiger partial charge in [0.15, 0.2) is 0 Å². The molecular weight excluding hydrogens is 376 g/mol. The summed E-state index contributed by atoms with van der Waals surface area (Å²) < 4.78 is 29.0. The summed E-state index contributed by atoms with van der Waals surface area (Å²) in [5.74, 6) is 1.55. The van der Waals surface area contributed by atoms with Gasteiger partial charge in [0.1, 0.15) is 24.3 Å². The monoisotopic (exact) mass is 398 g/mol. The Kier molecular flexibility index (Phi) is 5.10. The molecule has 1 aromatic carbocycles. The molecule has 0 saturated carbocycles. The number of benzene rings is 1. The van der Waals surface area contributed by atoms with Crippen molar-refractivity contribution in [3.05, 3.63) is 66.5 Å². The Morgan fingerprint density at radius 1 is 1.04 bits per heavy atom. The molecule has 0 aliphatic carbocycles. The zero-order valence-corrected chi connectivity index (χ0v) is 16.5. The largest absolute Gasteiger partial charge is 0.354 e. The molecule has 1 aliphatic rings. The van der Waals surface area contributed by atoms with Crippen LogP contribution in [0.5, 0.6) is 0 Å². The van der Waals surface area contributed by atoms with E-state index in [1.165, 1.54) is 6.33 Å². The Balaban J connectivity index is 1.42. The highest BCUT2D eigenvalue weighted by Gasteiger charge is 2.27. The van der Waals surface area contributed by atoms with E-state index in [0.29, 0.717) is 26.2 Å². The number of aromatic nitrogens is 4. The molecule has 8 nitrogen and oxygen atoms in total. The van der Waals surface area contributed by atoms with E-state index in [-0.39, 0.29) is 5.75 Å². The van der Waals surface area contributed by atoms with Gasteiger partial charge >= 0.3 is 0 Å². The molecule has 1 aliphatic heterocycles. The van der Waals surface area contributed by atoms with E-state index >= 15 is 0 Å². The average Bonchev–Trinajstić information content (AvgIpc) is 3.23. The topological polar surface area (TPSA) is 84.2 Å². The number of sulfonamides is 1. The van der Waals surface area contributed by atoms with Crippen LogP contribution in [-0.2, 0) is 15.8 Å². The molecule has 9 heteroatoms. The second-order valence-electron chi connectivity index (χ2n) is 6.84. The minimum atomic E-state index is -3.34. The summed E-state index contributed by atoms with van der Waals surface area (Å²) in [6.07, 6.45) is 6.72. The zero-order chi connectivity index (χ0) is 19.6. The fourth-order valence-corrected chi connectivity index (χ4v) is 4.85. The number of rotatable bonds is 5. The summed E-state index contributed by atoms with van der Waals surface area (Å²) in [6, 6.07) is 9.53. The van der Waals surface area contributed by atoms with Crippen LogP contribution in [0.25, 0.3) is 5.82 Å². The number of piperazine rings is 1. The van der Waals surface area contributed by atoms with Gasteiger partial charge in [0.2, 0.25) is 10.0 Å². The maximum absolute atomic E-state index is 12.8. The van der Waals surface area contributed by atoms with Crippen LogP contribution >= 0.6 is 0 Å². The number of hydrogen-bond donors (Lipinski definition) is 0. The first-order valence-electron chi connectivity index (χ1n) is 9.10. The number of aryl methyl sites for hydroxylation is 1. The maximum atomic E-state index is 12.8. The molecule has 0 bridgehead atoms. The third-order valence-corrected chi connectivity index (χ3v) is 6.64. The smallest absolute Gasteiger partial charge is 0.218 e. The Hall–Kier alpha value is -2.78. The second-order valence-corrected chi connectivity index (χ2v) is 8.80. The van der Waals surface area contributed by atoms with E-state index < -0.39 is 10.0 Å². The summed E-state index contributed by atoms with van der Waals surface area (Å²) in [4.78, 5) is 14.7. The molecule has 28 heavy (non-hydrogen) atoms. The summed E-state index contributed by atoms with van der Waals surface area (Å²) >= 11 is 0. The van der Waals surface area contributed by atoms with Crippen molar-refractivity contribution in [3.63, 3.8) is 0 Å². The number of nitrogens with zero attached hydrogens (tertiary/aromatic N) is 6. The number of anilines is 1. The van der Waals surface area contributed by atoms with Crippen LogP contribution < -0.4 is 4.90 Å².